The maximum atomic E-state index is 5.99. The van der Waals surface area contributed by atoms with Crippen LogP contribution in [0.2, 0.25) is 0 Å². The number of para-hydroxylation sites is 1. The standard InChI is InChI=1S/C15H16N4S/c1-10-11(2)20-15(18-10)9-19-8-12(7-17-19)13-5-3-4-6-14(13)16/h3-8H,9,16H2,1-2H3. The maximum absolute atomic E-state index is 5.99. The molecule has 2 N–H and O–H groups in total. The van der Waals surface area contributed by atoms with Crippen LogP contribution in [0.4, 0.5) is 5.69 Å². The number of nitrogen functional groups attached to an aromatic ring is 1. The molecular formula is C15H16N4S. The van der Waals surface area contributed by atoms with Crippen molar-refractivity contribution in [3.8, 4) is 11.1 Å². The van der Waals surface area contributed by atoms with Crippen LogP contribution in [0.3, 0.4) is 0 Å². The molecule has 0 bridgehead atoms. The zero-order valence-corrected chi connectivity index (χ0v) is 12.3. The van der Waals surface area contributed by atoms with Gasteiger partial charge in [-0.2, -0.15) is 5.10 Å². The highest BCUT2D eigenvalue weighted by Crippen LogP contribution is 2.25. The van der Waals surface area contributed by atoms with Gasteiger partial charge in [-0.05, 0) is 19.9 Å². The van der Waals surface area contributed by atoms with Crippen LogP contribution in [-0.2, 0) is 6.54 Å². The number of anilines is 1. The second-order valence-corrected chi connectivity index (χ2v) is 6.05. The van der Waals surface area contributed by atoms with E-state index < -0.39 is 0 Å². The molecule has 0 atom stereocenters. The molecule has 102 valence electrons. The van der Waals surface area contributed by atoms with Crippen LogP contribution in [0, 0.1) is 13.8 Å². The first-order valence-corrected chi connectivity index (χ1v) is 7.25. The number of benzene rings is 1. The number of hydrogen-bond acceptors (Lipinski definition) is 4. The van der Waals surface area contributed by atoms with E-state index in [1.54, 1.807) is 11.3 Å². The lowest BCUT2D eigenvalue weighted by Gasteiger charge is -2.01. The highest BCUT2D eigenvalue weighted by molar-refractivity contribution is 7.11. The average Bonchev–Trinajstić information content (AvgIpc) is 2.98. The molecule has 0 saturated heterocycles. The summed E-state index contributed by atoms with van der Waals surface area (Å²) < 4.78 is 1.90. The second-order valence-electron chi connectivity index (χ2n) is 4.76. The van der Waals surface area contributed by atoms with Gasteiger partial charge in [-0.15, -0.1) is 11.3 Å². The monoisotopic (exact) mass is 284 g/mol. The molecule has 0 saturated carbocycles. The highest BCUT2D eigenvalue weighted by Gasteiger charge is 2.08. The first-order chi connectivity index (χ1) is 9.63. The van der Waals surface area contributed by atoms with Gasteiger partial charge in [-0.3, -0.25) is 4.68 Å². The van der Waals surface area contributed by atoms with Gasteiger partial charge < -0.3 is 5.73 Å². The van der Waals surface area contributed by atoms with Crippen molar-refractivity contribution in [3.63, 3.8) is 0 Å². The Labute approximate surface area is 121 Å². The lowest BCUT2D eigenvalue weighted by molar-refractivity contribution is 0.682. The first kappa shape index (κ1) is 12.9. The summed E-state index contributed by atoms with van der Waals surface area (Å²) in [4.78, 5) is 5.80. The summed E-state index contributed by atoms with van der Waals surface area (Å²) in [6.07, 6.45) is 3.86. The van der Waals surface area contributed by atoms with Crippen LogP contribution in [0.15, 0.2) is 36.7 Å². The summed E-state index contributed by atoms with van der Waals surface area (Å²) in [7, 11) is 0. The summed E-state index contributed by atoms with van der Waals surface area (Å²) in [5, 5.41) is 5.48. The smallest absolute Gasteiger partial charge is 0.115 e. The molecule has 0 amide bonds. The summed E-state index contributed by atoms with van der Waals surface area (Å²) in [5.41, 5.74) is 9.92. The number of hydrogen-bond donors (Lipinski definition) is 1. The Bertz CT molecular complexity index is 722. The first-order valence-electron chi connectivity index (χ1n) is 6.44. The molecule has 3 aromatic rings. The van der Waals surface area contributed by atoms with Crippen LogP contribution in [-0.4, -0.2) is 14.8 Å². The van der Waals surface area contributed by atoms with Crippen molar-refractivity contribution < 1.29 is 0 Å². The Morgan fingerprint density at radius 3 is 2.75 bits per heavy atom. The number of nitrogens with zero attached hydrogens (tertiary/aromatic N) is 3. The Balaban J connectivity index is 1.85. The molecule has 1 aromatic carbocycles. The molecule has 2 aromatic heterocycles. The normalized spacial score (nSPS) is 10.9. The van der Waals surface area contributed by atoms with Gasteiger partial charge in [0.1, 0.15) is 5.01 Å². The fourth-order valence-corrected chi connectivity index (χ4v) is 3.02. The molecule has 3 rings (SSSR count). The van der Waals surface area contributed by atoms with Crippen LogP contribution in [0.5, 0.6) is 0 Å². The summed E-state index contributed by atoms with van der Waals surface area (Å²) >= 11 is 1.72. The summed E-state index contributed by atoms with van der Waals surface area (Å²) in [5.74, 6) is 0. The Morgan fingerprint density at radius 1 is 1.25 bits per heavy atom. The number of thiazole rings is 1. The van der Waals surface area contributed by atoms with Gasteiger partial charge >= 0.3 is 0 Å². The van der Waals surface area contributed by atoms with Gasteiger partial charge in [0.2, 0.25) is 0 Å². The van der Waals surface area contributed by atoms with Crippen molar-refractivity contribution in [1.29, 1.82) is 0 Å². The van der Waals surface area contributed by atoms with Gasteiger partial charge in [-0.25, -0.2) is 4.98 Å². The third kappa shape index (κ3) is 2.44. The summed E-state index contributed by atoms with van der Waals surface area (Å²) in [6.45, 7) is 4.83. The molecule has 2 heterocycles. The molecule has 0 radical (unpaired) electrons. The van der Waals surface area contributed by atoms with E-state index in [0.717, 1.165) is 27.5 Å². The van der Waals surface area contributed by atoms with E-state index in [4.69, 9.17) is 5.73 Å². The van der Waals surface area contributed by atoms with Crippen molar-refractivity contribution in [2.45, 2.75) is 20.4 Å². The zero-order chi connectivity index (χ0) is 14.1. The molecule has 0 aliphatic heterocycles. The van der Waals surface area contributed by atoms with E-state index in [9.17, 15) is 0 Å². The lowest BCUT2D eigenvalue weighted by atomic mass is 10.1. The Morgan fingerprint density at radius 2 is 2.05 bits per heavy atom. The van der Waals surface area contributed by atoms with Gasteiger partial charge in [0.05, 0.1) is 18.4 Å². The number of aryl methyl sites for hydroxylation is 2. The number of rotatable bonds is 3. The number of aromatic nitrogens is 3. The molecule has 4 nitrogen and oxygen atoms in total. The van der Waals surface area contributed by atoms with Crippen LogP contribution >= 0.6 is 11.3 Å². The van der Waals surface area contributed by atoms with Gasteiger partial charge in [0.25, 0.3) is 0 Å². The van der Waals surface area contributed by atoms with E-state index in [2.05, 4.69) is 17.0 Å². The van der Waals surface area contributed by atoms with E-state index >= 15 is 0 Å². The van der Waals surface area contributed by atoms with Crippen molar-refractivity contribution in [3.05, 3.63) is 52.2 Å². The number of nitrogens with two attached hydrogens (primary N) is 1. The van der Waals surface area contributed by atoms with E-state index in [0.29, 0.717) is 6.54 Å². The fourth-order valence-electron chi connectivity index (χ4n) is 2.09. The minimum absolute atomic E-state index is 0.700. The Hall–Kier alpha value is -2.14. The summed E-state index contributed by atoms with van der Waals surface area (Å²) in [6, 6.07) is 7.83. The third-order valence-electron chi connectivity index (χ3n) is 3.28. The topological polar surface area (TPSA) is 56.7 Å². The SMILES string of the molecule is Cc1nc(Cn2cc(-c3ccccc3N)cn2)sc1C. The predicted molar refractivity (Wildman–Crippen MR) is 82.8 cm³/mol. The van der Waals surface area contributed by atoms with Gasteiger partial charge in [0, 0.05) is 27.9 Å². The largest absolute Gasteiger partial charge is 0.398 e. The molecule has 0 aliphatic rings. The quantitative estimate of drug-likeness (QED) is 0.751. The van der Waals surface area contributed by atoms with E-state index in [1.807, 2.05) is 48.3 Å². The minimum atomic E-state index is 0.700. The minimum Gasteiger partial charge on any atom is -0.398 e. The van der Waals surface area contributed by atoms with E-state index in [1.165, 1.54) is 4.88 Å². The molecule has 0 spiro atoms. The molecule has 0 aliphatic carbocycles. The molecule has 20 heavy (non-hydrogen) atoms. The molecule has 0 fully saturated rings. The highest BCUT2D eigenvalue weighted by atomic mass is 32.1. The third-order valence-corrected chi connectivity index (χ3v) is 4.33. The zero-order valence-electron chi connectivity index (χ0n) is 11.5. The van der Waals surface area contributed by atoms with Crippen molar-refractivity contribution in [2.75, 3.05) is 5.73 Å². The van der Waals surface area contributed by atoms with E-state index in [-0.39, 0.29) is 0 Å². The second kappa shape index (κ2) is 5.09. The molecular weight excluding hydrogens is 268 g/mol. The average molecular weight is 284 g/mol. The maximum Gasteiger partial charge on any atom is 0.115 e. The Kier molecular flexibility index (Phi) is 3.28. The van der Waals surface area contributed by atoms with Crippen LogP contribution in [0.25, 0.3) is 11.1 Å². The van der Waals surface area contributed by atoms with Crippen molar-refractivity contribution in [2.24, 2.45) is 0 Å². The lowest BCUT2D eigenvalue weighted by Crippen LogP contribution is -1.99. The molecule has 0 unspecified atom stereocenters. The van der Waals surface area contributed by atoms with Gasteiger partial charge in [-0.1, -0.05) is 18.2 Å². The van der Waals surface area contributed by atoms with Crippen LogP contribution in [0.1, 0.15) is 15.6 Å². The predicted octanol–water partition coefficient (Wildman–Crippen LogP) is 3.25. The van der Waals surface area contributed by atoms with Crippen LogP contribution < -0.4 is 5.73 Å². The van der Waals surface area contributed by atoms with Crippen molar-refractivity contribution in [1.82, 2.24) is 14.8 Å². The van der Waals surface area contributed by atoms with Crippen molar-refractivity contribution >= 4 is 17.0 Å². The molecule has 5 heteroatoms. The fraction of sp³-hybridized carbons (Fsp3) is 0.200. The van der Waals surface area contributed by atoms with Gasteiger partial charge in [0.15, 0.2) is 0 Å².